The number of aromatic nitrogens is 2. The van der Waals surface area contributed by atoms with E-state index in [9.17, 15) is 0 Å². The molecule has 0 spiro atoms. The molecule has 3 aromatic heterocycles. The molecule has 14 rings (SSSR count). The van der Waals surface area contributed by atoms with Crippen LogP contribution in [-0.4, -0.2) is 9.97 Å². The number of nitrogens with zero attached hydrogens (tertiary/aromatic N) is 2. The molecule has 0 saturated heterocycles. The standard InChI is InChI=1S/C58H32N2O2/c1-2-11-33(12-3-1)55-57-56(46-17-6-7-20-50(46)62-57)60-58(59-55)38-14-8-13-34(29-38)35-23-26-41-39-15-4-5-16-40(39)42-27-24-37(32-49(42)48(41)31-35)36-25-28-43-44-18-9-21-51-53(44)54-45(47(43)30-36)19-10-22-52(54)61-51/h1-32H. The van der Waals surface area contributed by atoms with Crippen LogP contribution in [-0.2, 0) is 0 Å². The maximum absolute atomic E-state index is 6.39. The quantitative estimate of drug-likeness (QED) is 0.167. The molecule has 0 unspecified atom stereocenters. The smallest absolute Gasteiger partial charge is 0.180 e. The van der Waals surface area contributed by atoms with Crippen molar-refractivity contribution in [3.05, 3.63) is 194 Å². The van der Waals surface area contributed by atoms with Crippen molar-refractivity contribution in [1.29, 1.82) is 0 Å². The molecule has 11 aromatic carbocycles. The van der Waals surface area contributed by atoms with Gasteiger partial charge in [0.25, 0.3) is 0 Å². The molecule has 0 saturated carbocycles. The van der Waals surface area contributed by atoms with Gasteiger partial charge in [-0.1, -0.05) is 146 Å². The maximum Gasteiger partial charge on any atom is 0.180 e. The van der Waals surface area contributed by atoms with Gasteiger partial charge in [-0.2, -0.15) is 0 Å². The Labute approximate surface area is 354 Å². The molecule has 0 aliphatic carbocycles. The van der Waals surface area contributed by atoms with E-state index >= 15 is 0 Å². The molecule has 0 N–H and O–H groups in total. The number of para-hydroxylation sites is 1. The predicted molar refractivity (Wildman–Crippen MR) is 257 cm³/mol. The number of furan rings is 2. The normalized spacial score (nSPS) is 12.2. The van der Waals surface area contributed by atoms with Gasteiger partial charge in [-0.05, 0) is 125 Å². The molecule has 0 bridgehead atoms. The fraction of sp³-hybridized carbons (Fsp3) is 0. The van der Waals surface area contributed by atoms with E-state index in [0.29, 0.717) is 11.4 Å². The van der Waals surface area contributed by atoms with Gasteiger partial charge in [0.15, 0.2) is 11.4 Å². The van der Waals surface area contributed by atoms with Crippen LogP contribution in [0.4, 0.5) is 0 Å². The first-order valence-corrected chi connectivity index (χ1v) is 21.0. The molecule has 3 heterocycles. The summed E-state index contributed by atoms with van der Waals surface area (Å²) in [5, 5.41) is 15.7. The van der Waals surface area contributed by atoms with Crippen molar-refractivity contribution in [2.75, 3.05) is 0 Å². The monoisotopic (exact) mass is 788 g/mol. The minimum absolute atomic E-state index is 0.661. The van der Waals surface area contributed by atoms with Gasteiger partial charge in [0, 0.05) is 27.3 Å². The third kappa shape index (κ3) is 4.77. The van der Waals surface area contributed by atoms with Crippen LogP contribution in [0.15, 0.2) is 203 Å². The number of hydrogen-bond donors (Lipinski definition) is 0. The molecule has 0 amide bonds. The van der Waals surface area contributed by atoms with E-state index in [4.69, 9.17) is 18.8 Å². The zero-order valence-electron chi connectivity index (χ0n) is 33.2. The Bertz CT molecular complexity index is 4160. The minimum Gasteiger partial charge on any atom is -0.456 e. The summed E-state index contributed by atoms with van der Waals surface area (Å²) < 4.78 is 12.7. The lowest BCUT2D eigenvalue weighted by Crippen LogP contribution is -1.94. The van der Waals surface area contributed by atoms with E-state index in [0.717, 1.165) is 55.6 Å². The molecule has 14 aromatic rings. The van der Waals surface area contributed by atoms with Gasteiger partial charge in [-0.3, -0.25) is 0 Å². The Balaban J connectivity index is 0.949. The molecule has 0 aliphatic rings. The predicted octanol–water partition coefficient (Wildman–Crippen LogP) is 16.1. The van der Waals surface area contributed by atoms with E-state index in [1.54, 1.807) is 0 Å². The molecule has 286 valence electrons. The van der Waals surface area contributed by atoms with E-state index in [-0.39, 0.29) is 0 Å². The SMILES string of the molecule is c1ccc(-c2nc(-c3cccc(-c4ccc5c6ccccc6c6ccc(-c7ccc8c(c7)c7cccc9oc%10cccc8c%10c97)cc6c5c4)c3)nc3c2oc2ccccc23)cc1. The Morgan fingerprint density at radius 3 is 1.39 bits per heavy atom. The second kappa shape index (κ2) is 12.6. The third-order valence-corrected chi connectivity index (χ3v) is 13.0. The summed E-state index contributed by atoms with van der Waals surface area (Å²) in [6.45, 7) is 0. The number of hydrogen-bond acceptors (Lipinski definition) is 4. The van der Waals surface area contributed by atoms with Gasteiger partial charge in [-0.15, -0.1) is 0 Å². The van der Waals surface area contributed by atoms with Gasteiger partial charge in [0.1, 0.15) is 28.0 Å². The van der Waals surface area contributed by atoms with E-state index < -0.39 is 0 Å². The van der Waals surface area contributed by atoms with Crippen LogP contribution in [0.5, 0.6) is 0 Å². The van der Waals surface area contributed by atoms with Crippen LogP contribution >= 0.6 is 0 Å². The van der Waals surface area contributed by atoms with E-state index in [1.165, 1.54) is 75.8 Å². The Morgan fingerprint density at radius 1 is 0.274 bits per heavy atom. The number of benzene rings is 11. The Kier molecular flexibility index (Phi) is 6.80. The molecule has 4 heteroatoms. The molecule has 62 heavy (non-hydrogen) atoms. The lowest BCUT2D eigenvalue weighted by molar-refractivity contribution is 0.667. The molecule has 0 aliphatic heterocycles. The summed E-state index contributed by atoms with van der Waals surface area (Å²) in [4.78, 5) is 10.3. The number of rotatable bonds is 4. The topological polar surface area (TPSA) is 52.1 Å². The summed E-state index contributed by atoms with van der Waals surface area (Å²) in [5.74, 6) is 0.661. The highest BCUT2D eigenvalue weighted by Crippen LogP contribution is 2.45. The molecule has 0 atom stereocenters. The molecular formula is C58H32N2O2. The van der Waals surface area contributed by atoms with E-state index in [1.807, 2.05) is 36.4 Å². The third-order valence-electron chi connectivity index (χ3n) is 13.0. The minimum atomic E-state index is 0.661. The van der Waals surface area contributed by atoms with Crippen LogP contribution in [0.25, 0.3) is 143 Å². The van der Waals surface area contributed by atoms with Crippen LogP contribution in [0.2, 0.25) is 0 Å². The van der Waals surface area contributed by atoms with Crippen LogP contribution in [0.1, 0.15) is 0 Å². The Hall–Kier alpha value is -8.34. The van der Waals surface area contributed by atoms with Crippen molar-refractivity contribution in [2.45, 2.75) is 0 Å². The molecule has 4 nitrogen and oxygen atoms in total. The van der Waals surface area contributed by atoms with Gasteiger partial charge in [0.05, 0.1) is 0 Å². The lowest BCUT2D eigenvalue weighted by Gasteiger charge is -2.15. The van der Waals surface area contributed by atoms with Crippen molar-refractivity contribution in [3.8, 4) is 44.9 Å². The van der Waals surface area contributed by atoms with Gasteiger partial charge in [-0.25, -0.2) is 9.97 Å². The largest absolute Gasteiger partial charge is 0.456 e. The maximum atomic E-state index is 6.39. The van der Waals surface area contributed by atoms with E-state index in [2.05, 4.69) is 158 Å². The molecule has 0 fully saturated rings. The zero-order chi connectivity index (χ0) is 40.5. The summed E-state index contributed by atoms with van der Waals surface area (Å²) in [5.41, 5.74) is 11.5. The zero-order valence-corrected chi connectivity index (χ0v) is 33.2. The fourth-order valence-corrected chi connectivity index (χ4v) is 10.2. The average Bonchev–Trinajstić information content (AvgIpc) is 3.92. The van der Waals surface area contributed by atoms with Crippen molar-refractivity contribution in [3.63, 3.8) is 0 Å². The summed E-state index contributed by atoms with van der Waals surface area (Å²) in [6, 6.07) is 69.4. The van der Waals surface area contributed by atoms with Crippen LogP contribution in [0, 0.1) is 0 Å². The fourth-order valence-electron chi connectivity index (χ4n) is 10.2. The molecule has 0 radical (unpaired) electrons. The van der Waals surface area contributed by atoms with Crippen molar-refractivity contribution in [1.82, 2.24) is 9.97 Å². The van der Waals surface area contributed by atoms with Crippen LogP contribution in [0.3, 0.4) is 0 Å². The highest BCUT2D eigenvalue weighted by Gasteiger charge is 2.20. The highest BCUT2D eigenvalue weighted by molar-refractivity contribution is 6.33. The number of fused-ring (bicyclic) bond motifs is 12. The van der Waals surface area contributed by atoms with Gasteiger partial charge in [0.2, 0.25) is 0 Å². The first-order chi connectivity index (χ1) is 30.7. The van der Waals surface area contributed by atoms with Crippen LogP contribution < -0.4 is 0 Å². The summed E-state index contributed by atoms with van der Waals surface area (Å²) >= 11 is 0. The second-order valence-electron chi connectivity index (χ2n) is 16.4. The average molecular weight is 789 g/mol. The summed E-state index contributed by atoms with van der Waals surface area (Å²) in [6.07, 6.45) is 0. The van der Waals surface area contributed by atoms with Crippen molar-refractivity contribution >= 4 is 97.9 Å². The second-order valence-corrected chi connectivity index (χ2v) is 16.4. The Morgan fingerprint density at radius 2 is 0.726 bits per heavy atom. The lowest BCUT2D eigenvalue weighted by atomic mass is 9.89. The van der Waals surface area contributed by atoms with Crippen molar-refractivity contribution < 1.29 is 8.83 Å². The van der Waals surface area contributed by atoms with Gasteiger partial charge >= 0.3 is 0 Å². The molecular weight excluding hydrogens is 757 g/mol. The first-order valence-electron chi connectivity index (χ1n) is 21.0. The van der Waals surface area contributed by atoms with Crippen molar-refractivity contribution in [2.24, 2.45) is 0 Å². The highest BCUT2D eigenvalue weighted by atomic mass is 16.3. The summed E-state index contributed by atoms with van der Waals surface area (Å²) in [7, 11) is 0. The van der Waals surface area contributed by atoms with Gasteiger partial charge < -0.3 is 8.83 Å². The first kappa shape index (κ1) is 33.5.